The van der Waals surface area contributed by atoms with Crippen molar-refractivity contribution in [2.24, 2.45) is 0 Å². The molecule has 3 rings (SSSR count). The van der Waals surface area contributed by atoms with Gasteiger partial charge in [0.25, 0.3) is 5.91 Å². The second kappa shape index (κ2) is 9.17. The number of hydrogen-bond donors (Lipinski definition) is 2. The van der Waals surface area contributed by atoms with Crippen LogP contribution in [0.2, 0.25) is 0 Å². The molecule has 0 aliphatic heterocycles. The lowest BCUT2D eigenvalue weighted by Crippen LogP contribution is -2.21. The number of aromatic nitrogens is 2. The molecule has 1 saturated carbocycles. The van der Waals surface area contributed by atoms with E-state index in [1.165, 1.54) is 25.7 Å². The van der Waals surface area contributed by atoms with Crippen LogP contribution < -0.4 is 15.4 Å². The first-order chi connectivity index (χ1) is 12.7. The molecule has 0 bridgehead atoms. The summed E-state index contributed by atoms with van der Waals surface area (Å²) < 4.78 is 5.41. The third kappa shape index (κ3) is 5.18. The van der Waals surface area contributed by atoms with E-state index in [-0.39, 0.29) is 5.91 Å². The number of carbonyl (C=O) groups excluding carboxylic acids is 1. The molecule has 1 heterocycles. The van der Waals surface area contributed by atoms with Crippen LogP contribution in [0, 0.1) is 0 Å². The van der Waals surface area contributed by atoms with Crippen molar-refractivity contribution in [2.75, 3.05) is 17.2 Å². The van der Waals surface area contributed by atoms with E-state index in [2.05, 4.69) is 20.6 Å². The molecular formula is C20H26N4O2. The summed E-state index contributed by atoms with van der Waals surface area (Å²) in [6, 6.07) is 9.31. The van der Waals surface area contributed by atoms with Crippen molar-refractivity contribution in [3.63, 3.8) is 0 Å². The molecule has 0 saturated heterocycles. The molecule has 0 radical (unpaired) electrons. The molecule has 138 valence electrons. The van der Waals surface area contributed by atoms with E-state index in [0.29, 0.717) is 30.0 Å². The van der Waals surface area contributed by atoms with Crippen molar-refractivity contribution < 1.29 is 9.53 Å². The molecule has 6 nitrogen and oxygen atoms in total. The van der Waals surface area contributed by atoms with Crippen LogP contribution in [0.5, 0.6) is 5.75 Å². The van der Waals surface area contributed by atoms with Crippen molar-refractivity contribution in [1.29, 1.82) is 0 Å². The highest BCUT2D eigenvalue weighted by atomic mass is 16.5. The molecule has 1 aliphatic carbocycles. The molecule has 2 aromatic rings. The first kappa shape index (κ1) is 18.2. The highest BCUT2D eigenvalue weighted by Gasteiger charge is 2.15. The standard InChI is InChI=1S/C20H26N4O2/c1-2-26-17-11-9-16(10-12-17)22-19(25)18-13-14-21-20(24-18)23-15-7-5-3-4-6-8-15/h9-15H,2-8H2,1H3,(H,22,25)(H,21,23,24). The summed E-state index contributed by atoms with van der Waals surface area (Å²) in [6.45, 7) is 2.55. The van der Waals surface area contributed by atoms with Gasteiger partial charge in [-0.05, 0) is 50.1 Å². The minimum atomic E-state index is -0.250. The Bertz CT molecular complexity index is 710. The van der Waals surface area contributed by atoms with Crippen molar-refractivity contribution >= 4 is 17.5 Å². The number of ether oxygens (including phenoxy) is 1. The van der Waals surface area contributed by atoms with Gasteiger partial charge in [-0.1, -0.05) is 25.7 Å². The van der Waals surface area contributed by atoms with E-state index in [4.69, 9.17) is 4.74 Å². The summed E-state index contributed by atoms with van der Waals surface area (Å²) >= 11 is 0. The van der Waals surface area contributed by atoms with E-state index in [9.17, 15) is 4.79 Å². The van der Waals surface area contributed by atoms with Crippen LogP contribution >= 0.6 is 0 Å². The Balaban J connectivity index is 1.62. The Morgan fingerprint density at radius 2 is 1.85 bits per heavy atom. The van der Waals surface area contributed by atoms with Gasteiger partial charge in [0.2, 0.25) is 5.95 Å². The largest absolute Gasteiger partial charge is 0.494 e. The van der Waals surface area contributed by atoms with Gasteiger partial charge in [0.1, 0.15) is 11.4 Å². The topological polar surface area (TPSA) is 76.1 Å². The van der Waals surface area contributed by atoms with Gasteiger partial charge in [-0.25, -0.2) is 9.97 Å². The summed E-state index contributed by atoms with van der Waals surface area (Å²) in [5.41, 5.74) is 1.06. The maximum absolute atomic E-state index is 12.5. The maximum Gasteiger partial charge on any atom is 0.274 e. The monoisotopic (exact) mass is 354 g/mol. The molecule has 1 aromatic carbocycles. The van der Waals surface area contributed by atoms with E-state index < -0.39 is 0 Å². The average molecular weight is 354 g/mol. The van der Waals surface area contributed by atoms with Crippen molar-refractivity contribution in [3.05, 3.63) is 42.2 Å². The number of carbonyl (C=O) groups is 1. The average Bonchev–Trinajstić information content (AvgIpc) is 2.92. The first-order valence-electron chi connectivity index (χ1n) is 9.38. The first-order valence-corrected chi connectivity index (χ1v) is 9.38. The van der Waals surface area contributed by atoms with Crippen LogP contribution in [0.3, 0.4) is 0 Å². The fourth-order valence-corrected chi connectivity index (χ4v) is 3.16. The molecule has 0 spiro atoms. The van der Waals surface area contributed by atoms with Gasteiger partial charge in [-0.2, -0.15) is 0 Å². The predicted molar refractivity (Wildman–Crippen MR) is 103 cm³/mol. The maximum atomic E-state index is 12.5. The van der Waals surface area contributed by atoms with Crippen LogP contribution in [-0.4, -0.2) is 28.5 Å². The van der Waals surface area contributed by atoms with Crippen LogP contribution in [0.4, 0.5) is 11.6 Å². The minimum Gasteiger partial charge on any atom is -0.494 e. The summed E-state index contributed by atoms with van der Waals surface area (Å²) in [7, 11) is 0. The van der Waals surface area contributed by atoms with E-state index >= 15 is 0 Å². The molecule has 6 heteroatoms. The van der Waals surface area contributed by atoms with Gasteiger partial charge in [0, 0.05) is 17.9 Å². The quantitative estimate of drug-likeness (QED) is 0.758. The van der Waals surface area contributed by atoms with E-state index in [1.807, 2.05) is 31.2 Å². The number of benzene rings is 1. The minimum absolute atomic E-state index is 0.250. The number of rotatable bonds is 6. The molecule has 1 amide bonds. The zero-order valence-electron chi connectivity index (χ0n) is 15.2. The van der Waals surface area contributed by atoms with Crippen LogP contribution in [0.15, 0.2) is 36.5 Å². The lowest BCUT2D eigenvalue weighted by Gasteiger charge is -2.16. The molecule has 0 atom stereocenters. The summed E-state index contributed by atoms with van der Waals surface area (Å²) in [6.07, 6.45) is 8.94. The zero-order valence-corrected chi connectivity index (χ0v) is 15.2. The van der Waals surface area contributed by atoms with Crippen molar-refractivity contribution in [1.82, 2.24) is 9.97 Å². The van der Waals surface area contributed by atoms with Crippen LogP contribution in [0.1, 0.15) is 55.9 Å². The van der Waals surface area contributed by atoms with Crippen molar-refractivity contribution in [3.8, 4) is 5.75 Å². The van der Waals surface area contributed by atoms with Gasteiger partial charge in [-0.3, -0.25) is 4.79 Å². The fraction of sp³-hybridized carbons (Fsp3) is 0.450. The summed E-state index contributed by atoms with van der Waals surface area (Å²) in [5, 5.41) is 6.24. The Hall–Kier alpha value is -2.63. The number of nitrogens with one attached hydrogen (secondary N) is 2. The van der Waals surface area contributed by atoms with Crippen LogP contribution in [-0.2, 0) is 0 Å². The number of anilines is 2. The molecule has 1 aromatic heterocycles. The highest BCUT2D eigenvalue weighted by molar-refractivity contribution is 6.02. The van der Waals surface area contributed by atoms with Gasteiger partial charge in [0.15, 0.2) is 0 Å². The molecular weight excluding hydrogens is 328 g/mol. The molecule has 0 unspecified atom stereocenters. The molecule has 1 aliphatic rings. The van der Waals surface area contributed by atoms with E-state index in [1.54, 1.807) is 12.3 Å². The van der Waals surface area contributed by atoms with E-state index in [0.717, 1.165) is 18.6 Å². The lowest BCUT2D eigenvalue weighted by atomic mass is 10.1. The second-order valence-corrected chi connectivity index (χ2v) is 6.51. The molecule has 1 fully saturated rings. The normalized spacial score (nSPS) is 15.1. The van der Waals surface area contributed by atoms with Gasteiger partial charge in [0.05, 0.1) is 6.61 Å². The van der Waals surface area contributed by atoms with Gasteiger partial charge < -0.3 is 15.4 Å². The second-order valence-electron chi connectivity index (χ2n) is 6.51. The van der Waals surface area contributed by atoms with Crippen molar-refractivity contribution in [2.45, 2.75) is 51.5 Å². The molecule has 26 heavy (non-hydrogen) atoms. The van der Waals surface area contributed by atoms with Gasteiger partial charge >= 0.3 is 0 Å². The SMILES string of the molecule is CCOc1ccc(NC(=O)c2ccnc(NC3CCCCCC3)n2)cc1. The Labute approximate surface area is 154 Å². The smallest absolute Gasteiger partial charge is 0.274 e. The van der Waals surface area contributed by atoms with Crippen LogP contribution in [0.25, 0.3) is 0 Å². The Kier molecular flexibility index (Phi) is 6.41. The number of hydrogen-bond acceptors (Lipinski definition) is 5. The third-order valence-electron chi connectivity index (χ3n) is 4.50. The Morgan fingerprint density at radius 1 is 1.12 bits per heavy atom. The third-order valence-corrected chi connectivity index (χ3v) is 4.50. The van der Waals surface area contributed by atoms with Gasteiger partial charge in [-0.15, -0.1) is 0 Å². The predicted octanol–water partition coefficient (Wildman–Crippen LogP) is 4.26. The highest BCUT2D eigenvalue weighted by Crippen LogP contribution is 2.20. The lowest BCUT2D eigenvalue weighted by molar-refractivity contribution is 0.102. The fourth-order valence-electron chi connectivity index (χ4n) is 3.16. The summed E-state index contributed by atoms with van der Waals surface area (Å²) in [5.74, 6) is 1.05. The zero-order chi connectivity index (χ0) is 18.2. The number of amides is 1. The Morgan fingerprint density at radius 3 is 2.54 bits per heavy atom. The summed E-state index contributed by atoms with van der Waals surface area (Å²) in [4.78, 5) is 21.1. The molecule has 2 N–H and O–H groups in total. The number of nitrogens with zero attached hydrogens (tertiary/aromatic N) is 2.